The van der Waals surface area contributed by atoms with E-state index in [1.165, 1.54) is 6.92 Å². The number of fused-ring (bicyclic) bond motifs is 1. The molecule has 1 aliphatic carbocycles. The predicted octanol–water partition coefficient (Wildman–Crippen LogP) is 2.36. The fraction of sp³-hybridized carbons (Fsp3) is 0.591. The van der Waals surface area contributed by atoms with Gasteiger partial charge in [0, 0.05) is 12.3 Å². The SMILES string of the molecule is CC(C)OC(=O)[C@H]1C(=O)C[C@](C)(O)[C@H](C(=O)OC(C)C)[C@H]1c1ccc2c(c1)OCO2. The lowest BCUT2D eigenvalue weighted by Crippen LogP contribution is -2.55. The molecule has 30 heavy (non-hydrogen) atoms. The number of hydrogen-bond acceptors (Lipinski definition) is 8. The molecule has 0 amide bonds. The van der Waals surface area contributed by atoms with E-state index in [2.05, 4.69) is 0 Å². The Labute approximate surface area is 175 Å². The molecule has 1 heterocycles. The number of Topliss-reactive ketones (excluding diaryl/α,β-unsaturated/α-hetero) is 1. The average molecular weight is 420 g/mol. The van der Waals surface area contributed by atoms with Crippen molar-refractivity contribution in [1.82, 2.24) is 0 Å². The largest absolute Gasteiger partial charge is 0.463 e. The van der Waals surface area contributed by atoms with Gasteiger partial charge in [-0.1, -0.05) is 6.07 Å². The molecule has 0 bridgehead atoms. The maximum atomic E-state index is 13.0. The van der Waals surface area contributed by atoms with Crippen LogP contribution in [0.1, 0.15) is 52.5 Å². The number of esters is 2. The number of carbonyl (C=O) groups is 3. The molecule has 1 fully saturated rings. The van der Waals surface area contributed by atoms with Crippen molar-refractivity contribution in [3.8, 4) is 11.5 Å². The van der Waals surface area contributed by atoms with Crippen LogP contribution in [-0.4, -0.2) is 47.4 Å². The maximum Gasteiger partial charge on any atom is 0.317 e. The van der Waals surface area contributed by atoms with Gasteiger partial charge in [-0.05, 0) is 52.3 Å². The third kappa shape index (κ3) is 4.28. The van der Waals surface area contributed by atoms with Crippen LogP contribution in [0.5, 0.6) is 11.5 Å². The van der Waals surface area contributed by atoms with Crippen LogP contribution in [0, 0.1) is 11.8 Å². The highest BCUT2D eigenvalue weighted by molar-refractivity contribution is 6.02. The zero-order chi connectivity index (χ0) is 22.2. The third-order valence-corrected chi connectivity index (χ3v) is 5.26. The molecule has 0 saturated heterocycles. The molecule has 2 aliphatic rings. The Bertz CT molecular complexity index is 834. The molecular weight excluding hydrogens is 392 g/mol. The first-order valence-electron chi connectivity index (χ1n) is 10.1. The number of carbonyl (C=O) groups excluding carboxylic acids is 3. The zero-order valence-electron chi connectivity index (χ0n) is 17.8. The molecule has 1 N–H and O–H groups in total. The topological polar surface area (TPSA) is 108 Å². The Morgan fingerprint density at radius 1 is 1.07 bits per heavy atom. The van der Waals surface area contributed by atoms with E-state index in [0.29, 0.717) is 17.1 Å². The first kappa shape index (κ1) is 22.1. The Balaban J connectivity index is 2.12. The second kappa shape index (κ2) is 8.26. The summed E-state index contributed by atoms with van der Waals surface area (Å²) in [5, 5.41) is 11.1. The predicted molar refractivity (Wildman–Crippen MR) is 105 cm³/mol. The van der Waals surface area contributed by atoms with Crippen LogP contribution in [0.25, 0.3) is 0 Å². The number of benzene rings is 1. The Kier molecular flexibility index (Phi) is 6.08. The molecule has 0 radical (unpaired) electrons. The molecule has 0 unspecified atom stereocenters. The minimum absolute atomic E-state index is 0.0533. The van der Waals surface area contributed by atoms with Gasteiger partial charge in [0.1, 0.15) is 5.92 Å². The molecular formula is C22H28O8. The molecule has 1 aliphatic heterocycles. The summed E-state index contributed by atoms with van der Waals surface area (Å²) in [6.45, 7) is 8.23. The van der Waals surface area contributed by atoms with Gasteiger partial charge in [0.05, 0.1) is 23.7 Å². The van der Waals surface area contributed by atoms with Crippen LogP contribution < -0.4 is 9.47 Å². The van der Waals surface area contributed by atoms with Gasteiger partial charge in [0.25, 0.3) is 0 Å². The molecule has 1 aromatic rings. The number of ether oxygens (including phenoxy) is 4. The monoisotopic (exact) mass is 420 g/mol. The number of rotatable bonds is 5. The summed E-state index contributed by atoms with van der Waals surface area (Å²) in [6, 6.07) is 4.95. The third-order valence-electron chi connectivity index (χ3n) is 5.26. The van der Waals surface area contributed by atoms with Crippen molar-refractivity contribution < 1.29 is 38.4 Å². The van der Waals surface area contributed by atoms with E-state index in [-0.39, 0.29) is 13.2 Å². The van der Waals surface area contributed by atoms with Crippen molar-refractivity contribution in [3.05, 3.63) is 23.8 Å². The molecule has 1 saturated carbocycles. The molecule has 3 rings (SSSR count). The van der Waals surface area contributed by atoms with Crippen LogP contribution in [-0.2, 0) is 23.9 Å². The zero-order valence-corrected chi connectivity index (χ0v) is 17.8. The molecule has 164 valence electrons. The molecule has 4 atom stereocenters. The van der Waals surface area contributed by atoms with Gasteiger partial charge in [-0.2, -0.15) is 0 Å². The number of aliphatic hydroxyl groups is 1. The summed E-state index contributed by atoms with van der Waals surface area (Å²) >= 11 is 0. The van der Waals surface area contributed by atoms with E-state index in [9.17, 15) is 19.5 Å². The standard InChI is InChI=1S/C22H28O8/c1-11(2)29-20(24)18-14(23)9-22(5,26)19(21(25)30-12(3)4)17(18)13-6-7-15-16(8-13)28-10-27-15/h6-8,11-12,17-19,26H,9-10H2,1-5H3/t17-,18-,19-,22-/m0/s1. The van der Waals surface area contributed by atoms with Crippen LogP contribution in [0.2, 0.25) is 0 Å². The highest BCUT2D eigenvalue weighted by Crippen LogP contribution is 2.48. The summed E-state index contributed by atoms with van der Waals surface area (Å²) in [7, 11) is 0. The van der Waals surface area contributed by atoms with Crippen molar-refractivity contribution in [2.45, 2.75) is 64.8 Å². The van der Waals surface area contributed by atoms with Gasteiger partial charge in [0.2, 0.25) is 6.79 Å². The van der Waals surface area contributed by atoms with E-state index in [0.717, 1.165) is 0 Å². The second-order valence-corrected chi connectivity index (χ2v) is 8.57. The Morgan fingerprint density at radius 3 is 2.30 bits per heavy atom. The minimum Gasteiger partial charge on any atom is -0.463 e. The first-order valence-corrected chi connectivity index (χ1v) is 10.1. The molecule has 0 aromatic heterocycles. The smallest absolute Gasteiger partial charge is 0.317 e. The summed E-state index contributed by atoms with van der Waals surface area (Å²) in [4.78, 5) is 38.9. The molecule has 8 heteroatoms. The molecule has 0 spiro atoms. The van der Waals surface area contributed by atoms with Gasteiger partial charge in [-0.3, -0.25) is 14.4 Å². The van der Waals surface area contributed by atoms with E-state index in [1.54, 1.807) is 45.9 Å². The fourth-order valence-electron chi connectivity index (χ4n) is 4.15. The summed E-state index contributed by atoms with van der Waals surface area (Å²) in [6.07, 6.45) is -1.22. The Morgan fingerprint density at radius 2 is 1.67 bits per heavy atom. The lowest BCUT2D eigenvalue weighted by molar-refractivity contribution is -0.176. The fourth-order valence-corrected chi connectivity index (χ4v) is 4.15. The normalized spacial score (nSPS) is 28.0. The summed E-state index contributed by atoms with van der Waals surface area (Å²) in [5.74, 6) is -4.30. The minimum atomic E-state index is -1.70. The maximum absolute atomic E-state index is 13.0. The van der Waals surface area contributed by atoms with Crippen molar-refractivity contribution in [1.29, 1.82) is 0 Å². The van der Waals surface area contributed by atoms with Gasteiger partial charge < -0.3 is 24.1 Å². The highest BCUT2D eigenvalue weighted by Gasteiger charge is 2.57. The Hall–Kier alpha value is -2.61. The van der Waals surface area contributed by atoms with E-state index in [4.69, 9.17) is 18.9 Å². The molecule has 8 nitrogen and oxygen atoms in total. The van der Waals surface area contributed by atoms with Crippen LogP contribution >= 0.6 is 0 Å². The van der Waals surface area contributed by atoms with Crippen molar-refractivity contribution in [3.63, 3.8) is 0 Å². The van der Waals surface area contributed by atoms with Gasteiger partial charge >= 0.3 is 11.9 Å². The van der Waals surface area contributed by atoms with Crippen molar-refractivity contribution >= 4 is 17.7 Å². The van der Waals surface area contributed by atoms with Crippen molar-refractivity contribution in [2.24, 2.45) is 11.8 Å². The summed E-state index contributed by atoms with van der Waals surface area (Å²) in [5.41, 5.74) is -1.21. The lowest BCUT2D eigenvalue weighted by atomic mass is 9.61. The van der Waals surface area contributed by atoms with Crippen LogP contribution in [0.3, 0.4) is 0 Å². The van der Waals surface area contributed by atoms with E-state index in [1.807, 2.05) is 0 Å². The number of hydrogen-bond donors (Lipinski definition) is 1. The first-order chi connectivity index (χ1) is 14.0. The highest BCUT2D eigenvalue weighted by atomic mass is 16.7. The van der Waals surface area contributed by atoms with Crippen LogP contribution in [0.15, 0.2) is 18.2 Å². The quantitative estimate of drug-likeness (QED) is 0.571. The van der Waals surface area contributed by atoms with E-state index < -0.39 is 53.3 Å². The second-order valence-electron chi connectivity index (χ2n) is 8.57. The van der Waals surface area contributed by atoms with Gasteiger partial charge in [0.15, 0.2) is 17.3 Å². The lowest BCUT2D eigenvalue weighted by Gasteiger charge is -2.44. The van der Waals surface area contributed by atoms with Crippen LogP contribution in [0.4, 0.5) is 0 Å². The van der Waals surface area contributed by atoms with Gasteiger partial charge in [-0.25, -0.2) is 0 Å². The van der Waals surface area contributed by atoms with Crippen molar-refractivity contribution in [2.75, 3.05) is 6.79 Å². The number of ketones is 1. The average Bonchev–Trinajstić information content (AvgIpc) is 3.06. The molecule has 1 aromatic carbocycles. The summed E-state index contributed by atoms with van der Waals surface area (Å²) < 4.78 is 21.5. The van der Waals surface area contributed by atoms with E-state index >= 15 is 0 Å². The van der Waals surface area contributed by atoms with Gasteiger partial charge in [-0.15, -0.1) is 0 Å².